The Morgan fingerprint density at radius 1 is 1.47 bits per heavy atom. The molecule has 0 fully saturated rings. The Balaban J connectivity index is 2.03. The smallest absolute Gasteiger partial charge is 0.138 e. The average molecular weight is 230 g/mol. The Kier molecular flexibility index (Phi) is 3.48. The van der Waals surface area contributed by atoms with Crippen LogP contribution in [0.25, 0.3) is 0 Å². The van der Waals surface area contributed by atoms with Crippen molar-refractivity contribution in [1.29, 1.82) is 5.26 Å². The molecule has 1 unspecified atom stereocenters. The summed E-state index contributed by atoms with van der Waals surface area (Å²) in [6.07, 6.45) is 3.08. The first kappa shape index (κ1) is 11.3. The fourth-order valence-electron chi connectivity index (χ4n) is 1.50. The third-order valence-corrected chi connectivity index (χ3v) is 2.41. The number of imidazole rings is 1. The second-order valence-electron chi connectivity index (χ2n) is 3.54. The van der Waals surface area contributed by atoms with Gasteiger partial charge in [-0.3, -0.25) is 5.32 Å². The van der Waals surface area contributed by atoms with E-state index in [1.54, 1.807) is 24.4 Å². The summed E-state index contributed by atoms with van der Waals surface area (Å²) < 4.78 is 13.3. The molecule has 86 valence electrons. The van der Waals surface area contributed by atoms with Gasteiger partial charge >= 0.3 is 0 Å². The van der Waals surface area contributed by atoms with Crippen LogP contribution in [0.2, 0.25) is 0 Å². The molecule has 2 aromatic rings. The van der Waals surface area contributed by atoms with Gasteiger partial charge in [0, 0.05) is 12.1 Å². The monoisotopic (exact) mass is 230 g/mol. The third-order valence-electron chi connectivity index (χ3n) is 2.41. The molecule has 1 aromatic carbocycles. The number of rotatable bonds is 4. The van der Waals surface area contributed by atoms with E-state index in [1.165, 1.54) is 12.4 Å². The fourth-order valence-corrected chi connectivity index (χ4v) is 1.50. The van der Waals surface area contributed by atoms with Gasteiger partial charge in [0.2, 0.25) is 0 Å². The Hall–Kier alpha value is -2.19. The summed E-state index contributed by atoms with van der Waals surface area (Å²) in [6, 6.07) is 8.05. The predicted octanol–water partition coefficient (Wildman–Crippen LogP) is 1.90. The van der Waals surface area contributed by atoms with E-state index in [0.29, 0.717) is 17.8 Å². The summed E-state index contributed by atoms with van der Waals surface area (Å²) in [5.74, 6) is -0.277. The van der Waals surface area contributed by atoms with Crippen LogP contribution < -0.4 is 5.32 Å². The molecule has 0 saturated heterocycles. The second kappa shape index (κ2) is 5.23. The minimum Gasteiger partial charge on any atom is -0.346 e. The second-order valence-corrected chi connectivity index (χ2v) is 3.54. The highest BCUT2D eigenvalue weighted by molar-refractivity contribution is 5.18. The highest BCUT2D eigenvalue weighted by atomic mass is 19.1. The predicted molar refractivity (Wildman–Crippen MR) is 60.2 cm³/mol. The van der Waals surface area contributed by atoms with Gasteiger partial charge in [0.25, 0.3) is 0 Å². The molecule has 0 spiro atoms. The molecule has 0 aliphatic carbocycles. The van der Waals surface area contributed by atoms with E-state index in [9.17, 15) is 4.39 Å². The first-order chi connectivity index (χ1) is 8.31. The fraction of sp³-hybridized carbons (Fsp3) is 0.167. The summed E-state index contributed by atoms with van der Waals surface area (Å²) in [5, 5.41) is 11.9. The molecule has 2 rings (SSSR count). The van der Waals surface area contributed by atoms with E-state index in [1.807, 2.05) is 0 Å². The number of hydrogen-bond donors (Lipinski definition) is 2. The van der Waals surface area contributed by atoms with Crippen molar-refractivity contribution in [1.82, 2.24) is 15.3 Å². The zero-order chi connectivity index (χ0) is 12.1. The quantitative estimate of drug-likeness (QED) is 0.843. The lowest BCUT2D eigenvalue weighted by Gasteiger charge is -2.09. The summed E-state index contributed by atoms with van der Waals surface area (Å²) in [5.41, 5.74) is 1.20. The number of nitrogens with zero attached hydrogens (tertiary/aromatic N) is 2. The maximum absolute atomic E-state index is 13.3. The summed E-state index contributed by atoms with van der Waals surface area (Å²) in [7, 11) is 0. The van der Waals surface area contributed by atoms with Crippen LogP contribution in [0.5, 0.6) is 0 Å². The van der Waals surface area contributed by atoms with Crippen LogP contribution in [0.1, 0.15) is 17.3 Å². The van der Waals surface area contributed by atoms with Gasteiger partial charge in [0.1, 0.15) is 11.9 Å². The average Bonchev–Trinajstić information content (AvgIpc) is 2.86. The Labute approximate surface area is 98.1 Å². The van der Waals surface area contributed by atoms with Crippen LogP contribution >= 0.6 is 0 Å². The number of benzene rings is 1. The highest BCUT2D eigenvalue weighted by Gasteiger charge is 2.11. The third kappa shape index (κ3) is 2.68. The van der Waals surface area contributed by atoms with Crippen LogP contribution in [0.15, 0.2) is 36.8 Å². The normalized spacial score (nSPS) is 12.0. The van der Waals surface area contributed by atoms with E-state index >= 15 is 0 Å². The van der Waals surface area contributed by atoms with E-state index in [4.69, 9.17) is 5.26 Å². The van der Waals surface area contributed by atoms with Gasteiger partial charge in [0.05, 0.1) is 24.3 Å². The molecule has 0 bridgehead atoms. The molecule has 4 nitrogen and oxygen atoms in total. The first-order valence-electron chi connectivity index (χ1n) is 5.16. The molecular weight excluding hydrogens is 219 g/mol. The van der Waals surface area contributed by atoms with E-state index in [-0.39, 0.29) is 5.82 Å². The van der Waals surface area contributed by atoms with Gasteiger partial charge in [-0.15, -0.1) is 0 Å². The highest BCUT2D eigenvalue weighted by Crippen LogP contribution is 2.11. The molecular formula is C12H11FN4. The lowest BCUT2D eigenvalue weighted by molar-refractivity contribution is 0.567. The number of nitriles is 1. The van der Waals surface area contributed by atoms with Crippen molar-refractivity contribution in [3.05, 3.63) is 53.9 Å². The Bertz CT molecular complexity index is 516. The lowest BCUT2D eigenvalue weighted by atomic mass is 10.2. The molecule has 0 amide bonds. The molecule has 1 heterocycles. The van der Waals surface area contributed by atoms with Crippen LogP contribution in [-0.2, 0) is 6.54 Å². The number of H-pyrrole nitrogens is 1. The molecule has 17 heavy (non-hydrogen) atoms. The van der Waals surface area contributed by atoms with Crippen molar-refractivity contribution >= 4 is 0 Å². The van der Waals surface area contributed by atoms with E-state index in [2.05, 4.69) is 21.4 Å². The minimum atomic E-state index is -0.517. The number of nitrogens with one attached hydrogen (secondary N) is 2. The molecule has 1 atom stereocenters. The number of aromatic nitrogens is 2. The van der Waals surface area contributed by atoms with E-state index in [0.717, 1.165) is 0 Å². The van der Waals surface area contributed by atoms with Crippen LogP contribution in [0, 0.1) is 17.1 Å². The van der Waals surface area contributed by atoms with Crippen LogP contribution in [-0.4, -0.2) is 9.97 Å². The van der Waals surface area contributed by atoms with Gasteiger partial charge in [0.15, 0.2) is 0 Å². The largest absolute Gasteiger partial charge is 0.346 e. The van der Waals surface area contributed by atoms with Gasteiger partial charge in [-0.1, -0.05) is 18.2 Å². The molecule has 1 aromatic heterocycles. The molecule has 0 aliphatic rings. The molecule has 0 radical (unpaired) electrons. The summed E-state index contributed by atoms with van der Waals surface area (Å²) in [4.78, 5) is 6.69. The number of aromatic amines is 1. The van der Waals surface area contributed by atoms with Crippen molar-refractivity contribution in [2.24, 2.45) is 0 Å². The van der Waals surface area contributed by atoms with Crippen LogP contribution in [0.4, 0.5) is 4.39 Å². The summed E-state index contributed by atoms with van der Waals surface area (Å²) in [6.45, 7) is 0.296. The zero-order valence-electron chi connectivity index (χ0n) is 9.02. The molecule has 0 saturated carbocycles. The topological polar surface area (TPSA) is 64.5 Å². The molecule has 0 aliphatic heterocycles. The van der Waals surface area contributed by atoms with Crippen LogP contribution in [0.3, 0.4) is 0 Å². The number of hydrogen-bond acceptors (Lipinski definition) is 3. The van der Waals surface area contributed by atoms with Gasteiger partial charge in [-0.2, -0.15) is 5.26 Å². The van der Waals surface area contributed by atoms with Crippen molar-refractivity contribution in [3.63, 3.8) is 0 Å². The molecule has 2 N–H and O–H groups in total. The Morgan fingerprint density at radius 3 is 2.94 bits per heavy atom. The standard InChI is InChI=1S/C12H11FN4/c13-10-4-2-1-3-9(10)6-16-11(5-14)12-7-15-8-17-12/h1-4,7-8,11,16H,6H2,(H,15,17). The minimum absolute atomic E-state index is 0.277. The SMILES string of the molecule is N#CC(NCc1ccccc1F)c1cnc[nH]1. The van der Waals surface area contributed by atoms with Gasteiger partial charge < -0.3 is 4.98 Å². The zero-order valence-corrected chi connectivity index (χ0v) is 9.02. The van der Waals surface area contributed by atoms with Crippen molar-refractivity contribution in [2.75, 3.05) is 0 Å². The summed E-state index contributed by atoms with van der Waals surface area (Å²) >= 11 is 0. The van der Waals surface area contributed by atoms with Crippen molar-refractivity contribution in [3.8, 4) is 6.07 Å². The van der Waals surface area contributed by atoms with Gasteiger partial charge in [-0.05, 0) is 6.07 Å². The Morgan fingerprint density at radius 2 is 2.29 bits per heavy atom. The molecule has 5 heteroatoms. The number of halogens is 1. The maximum Gasteiger partial charge on any atom is 0.138 e. The lowest BCUT2D eigenvalue weighted by Crippen LogP contribution is -2.20. The van der Waals surface area contributed by atoms with Gasteiger partial charge in [-0.25, -0.2) is 9.37 Å². The van der Waals surface area contributed by atoms with Crippen molar-refractivity contribution in [2.45, 2.75) is 12.6 Å². The van der Waals surface area contributed by atoms with Crippen molar-refractivity contribution < 1.29 is 4.39 Å². The first-order valence-corrected chi connectivity index (χ1v) is 5.16. The maximum atomic E-state index is 13.3. The van der Waals surface area contributed by atoms with E-state index < -0.39 is 6.04 Å².